The Kier molecular flexibility index (Phi) is 5.32. The first-order chi connectivity index (χ1) is 11.9. The molecule has 5 nitrogen and oxygen atoms in total. The van der Waals surface area contributed by atoms with Crippen LogP contribution in [0.1, 0.15) is 5.56 Å². The number of sulfonamides is 1. The molecule has 0 amide bonds. The van der Waals surface area contributed by atoms with Crippen LogP contribution in [0.4, 0.5) is 0 Å². The summed E-state index contributed by atoms with van der Waals surface area (Å²) >= 11 is 5.82. The molecule has 2 aromatic carbocycles. The first-order valence-electron chi connectivity index (χ1n) is 7.72. The number of ether oxygens (including phenoxy) is 2. The summed E-state index contributed by atoms with van der Waals surface area (Å²) in [6.45, 7) is 0.499. The van der Waals surface area contributed by atoms with Gasteiger partial charge in [0, 0.05) is 17.5 Å². The fraction of sp³-hybridized carbons (Fsp3) is 0.222. The van der Waals surface area contributed by atoms with E-state index in [-0.39, 0.29) is 12.6 Å². The molecule has 1 aliphatic rings. The molecule has 0 N–H and O–H groups in total. The van der Waals surface area contributed by atoms with Crippen molar-refractivity contribution in [1.29, 1.82) is 0 Å². The van der Waals surface area contributed by atoms with Crippen molar-refractivity contribution < 1.29 is 17.9 Å². The molecule has 0 radical (unpaired) electrons. The van der Waals surface area contributed by atoms with Crippen molar-refractivity contribution in [2.75, 3.05) is 20.2 Å². The van der Waals surface area contributed by atoms with Crippen LogP contribution in [-0.2, 0) is 10.0 Å². The van der Waals surface area contributed by atoms with E-state index in [0.717, 1.165) is 5.56 Å². The first-order valence-corrected chi connectivity index (χ1v) is 9.61. The molecule has 3 rings (SSSR count). The van der Waals surface area contributed by atoms with Crippen LogP contribution in [0.5, 0.6) is 11.5 Å². The predicted molar refractivity (Wildman–Crippen MR) is 98.4 cm³/mol. The van der Waals surface area contributed by atoms with Gasteiger partial charge in [0.2, 0.25) is 10.0 Å². The molecule has 0 saturated heterocycles. The van der Waals surface area contributed by atoms with E-state index in [4.69, 9.17) is 21.1 Å². The van der Waals surface area contributed by atoms with Crippen molar-refractivity contribution in [3.05, 3.63) is 64.5 Å². The number of hydrogen-bond acceptors (Lipinski definition) is 4. The molecular weight excluding hydrogens is 362 g/mol. The molecule has 0 fully saturated rings. The number of halogens is 1. The molecule has 0 bridgehead atoms. The van der Waals surface area contributed by atoms with Gasteiger partial charge < -0.3 is 9.47 Å². The van der Waals surface area contributed by atoms with E-state index >= 15 is 0 Å². The number of nitrogens with zero attached hydrogens (tertiary/aromatic N) is 1. The van der Waals surface area contributed by atoms with Crippen molar-refractivity contribution in [2.24, 2.45) is 0 Å². The number of fused-ring (bicyclic) bond motifs is 1. The highest BCUT2D eigenvalue weighted by Crippen LogP contribution is 2.31. The van der Waals surface area contributed by atoms with Gasteiger partial charge >= 0.3 is 0 Å². The van der Waals surface area contributed by atoms with Crippen LogP contribution in [0.15, 0.2) is 53.9 Å². The zero-order valence-electron chi connectivity index (χ0n) is 13.6. The molecule has 0 aliphatic carbocycles. The van der Waals surface area contributed by atoms with Gasteiger partial charge in [-0.3, -0.25) is 0 Å². The van der Waals surface area contributed by atoms with Crippen molar-refractivity contribution in [3.63, 3.8) is 0 Å². The Hall–Kier alpha value is -2.02. The molecule has 1 unspecified atom stereocenters. The molecule has 1 heterocycles. The Bertz CT molecular complexity index is 865. The van der Waals surface area contributed by atoms with E-state index in [1.807, 2.05) is 18.2 Å². The summed E-state index contributed by atoms with van der Waals surface area (Å²) in [5, 5.41) is 1.78. The molecule has 132 valence electrons. The lowest BCUT2D eigenvalue weighted by atomic mass is 10.2. The lowest BCUT2D eigenvalue weighted by Gasteiger charge is -2.28. The van der Waals surface area contributed by atoms with Gasteiger partial charge in [-0.1, -0.05) is 35.9 Å². The molecular formula is C18H18ClNO4S. The highest BCUT2D eigenvalue weighted by molar-refractivity contribution is 7.92. The number of rotatable bonds is 5. The predicted octanol–water partition coefficient (Wildman–Crippen LogP) is 3.41. The van der Waals surface area contributed by atoms with Gasteiger partial charge in [0.05, 0.1) is 6.54 Å². The van der Waals surface area contributed by atoms with Crippen LogP contribution in [0.3, 0.4) is 0 Å². The number of para-hydroxylation sites is 2. The Labute approximate surface area is 152 Å². The summed E-state index contributed by atoms with van der Waals surface area (Å²) in [5.74, 6) is 1.30. The summed E-state index contributed by atoms with van der Waals surface area (Å²) in [4.78, 5) is 0. The van der Waals surface area contributed by atoms with Gasteiger partial charge in [-0.25, -0.2) is 8.42 Å². The molecule has 0 spiro atoms. The lowest BCUT2D eigenvalue weighted by Crippen LogP contribution is -2.41. The zero-order valence-corrected chi connectivity index (χ0v) is 15.2. The second-order valence-electron chi connectivity index (χ2n) is 5.68. The molecule has 0 aromatic heterocycles. The molecule has 25 heavy (non-hydrogen) atoms. The Balaban J connectivity index is 1.64. The van der Waals surface area contributed by atoms with Gasteiger partial charge in [0.1, 0.15) is 12.7 Å². The normalized spacial score (nSPS) is 17.2. The van der Waals surface area contributed by atoms with Crippen LogP contribution >= 0.6 is 11.6 Å². The average molecular weight is 380 g/mol. The second kappa shape index (κ2) is 7.47. The van der Waals surface area contributed by atoms with E-state index in [2.05, 4.69) is 0 Å². The third kappa shape index (κ3) is 4.54. The number of likely N-dealkylation sites (N-methyl/N-ethyl adjacent to an activating group) is 1. The highest BCUT2D eigenvalue weighted by Gasteiger charge is 2.25. The van der Waals surface area contributed by atoms with Crippen LogP contribution in [-0.4, -0.2) is 39.0 Å². The van der Waals surface area contributed by atoms with E-state index in [1.54, 1.807) is 30.3 Å². The molecule has 1 atom stereocenters. The van der Waals surface area contributed by atoms with Crippen LogP contribution < -0.4 is 9.47 Å². The standard InChI is InChI=1S/C18H18ClNO4S/c1-20(12-16-13-23-17-4-2-3-5-18(17)24-16)25(21,22)11-10-14-6-8-15(19)9-7-14/h2-11,16H,12-13H2,1H3/b11-10+. The molecule has 7 heteroatoms. The van der Waals surface area contributed by atoms with Gasteiger partial charge in [-0.05, 0) is 35.9 Å². The van der Waals surface area contributed by atoms with Crippen LogP contribution in [0.25, 0.3) is 6.08 Å². The van der Waals surface area contributed by atoms with E-state index < -0.39 is 10.0 Å². The summed E-state index contributed by atoms with van der Waals surface area (Å²) < 4.78 is 37.5. The minimum absolute atomic E-state index is 0.196. The molecule has 2 aromatic rings. The van der Waals surface area contributed by atoms with Crippen LogP contribution in [0, 0.1) is 0 Å². The van der Waals surface area contributed by atoms with Crippen molar-refractivity contribution in [2.45, 2.75) is 6.10 Å². The van der Waals surface area contributed by atoms with Gasteiger partial charge in [-0.2, -0.15) is 4.31 Å². The van der Waals surface area contributed by atoms with Crippen molar-refractivity contribution >= 4 is 27.7 Å². The lowest BCUT2D eigenvalue weighted by molar-refractivity contribution is 0.0800. The SMILES string of the molecule is CN(CC1COc2ccccc2O1)S(=O)(=O)/C=C/c1ccc(Cl)cc1. The Morgan fingerprint density at radius 1 is 1.16 bits per heavy atom. The largest absolute Gasteiger partial charge is 0.486 e. The van der Waals surface area contributed by atoms with Crippen LogP contribution in [0.2, 0.25) is 5.02 Å². The monoisotopic (exact) mass is 379 g/mol. The maximum atomic E-state index is 12.4. The summed E-state index contributed by atoms with van der Waals surface area (Å²) in [7, 11) is -2.04. The summed E-state index contributed by atoms with van der Waals surface area (Å²) in [6, 6.07) is 14.3. The third-order valence-electron chi connectivity index (χ3n) is 3.77. The fourth-order valence-corrected chi connectivity index (χ4v) is 3.42. The van der Waals surface area contributed by atoms with Gasteiger partial charge in [0.15, 0.2) is 11.5 Å². The minimum Gasteiger partial charge on any atom is -0.486 e. The second-order valence-corrected chi connectivity index (χ2v) is 8.04. The van der Waals surface area contributed by atoms with Gasteiger partial charge in [0.25, 0.3) is 0 Å². The maximum Gasteiger partial charge on any atom is 0.236 e. The fourth-order valence-electron chi connectivity index (χ4n) is 2.39. The first kappa shape index (κ1) is 17.8. The average Bonchev–Trinajstić information content (AvgIpc) is 2.61. The maximum absolute atomic E-state index is 12.4. The highest BCUT2D eigenvalue weighted by atomic mass is 35.5. The smallest absolute Gasteiger partial charge is 0.236 e. The molecule has 1 aliphatic heterocycles. The van der Waals surface area contributed by atoms with Gasteiger partial charge in [-0.15, -0.1) is 0 Å². The Morgan fingerprint density at radius 3 is 2.56 bits per heavy atom. The van der Waals surface area contributed by atoms with Crippen molar-refractivity contribution in [3.8, 4) is 11.5 Å². The minimum atomic E-state index is -3.56. The van der Waals surface area contributed by atoms with E-state index in [1.165, 1.54) is 22.8 Å². The van der Waals surface area contributed by atoms with Crippen molar-refractivity contribution in [1.82, 2.24) is 4.31 Å². The topological polar surface area (TPSA) is 55.8 Å². The quantitative estimate of drug-likeness (QED) is 0.798. The number of benzene rings is 2. The zero-order chi connectivity index (χ0) is 17.9. The number of hydrogen-bond donors (Lipinski definition) is 0. The van der Waals surface area contributed by atoms with E-state index in [0.29, 0.717) is 23.1 Å². The molecule has 0 saturated carbocycles. The van der Waals surface area contributed by atoms with E-state index in [9.17, 15) is 8.42 Å². The summed E-state index contributed by atoms with van der Waals surface area (Å²) in [6.07, 6.45) is 1.17. The Morgan fingerprint density at radius 2 is 1.84 bits per heavy atom. The summed E-state index contributed by atoms with van der Waals surface area (Å²) in [5.41, 5.74) is 0.757. The third-order valence-corrected chi connectivity index (χ3v) is 5.52.